The normalized spacial score (nSPS) is 11.4. The lowest BCUT2D eigenvalue weighted by Gasteiger charge is -2.12. The van der Waals surface area contributed by atoms with Crippen LogP contribution in [0.5, 0.6) is 5.75 Å². The largest absolute Gasteiger partial charge is 0.483 e. The first kappa shape index (κ1) is 19.3. The molecular formula is C15H11BrF3NO4S. The summed E-state index contributed by atoms with van der Waals surface area (Å²) in [4.78, 5) is 11.2. The van der Waals surface area contributed by atoms with E-state index < -0.39 is 38.8 Å². The zero-order chi connectivity index (χ0) is 18.6. The number of nitrogens with one attached hydrogen (secondary N) is 1. The van der Waals surface area contributed by atoms with Gasteiger partial charge in [0.2, 0.25) is 9.84 Å². The number of benzene rings is 2. The number of hydrogen-bond acceptors (Lipinski definition) is 4. The predicted octanol–water partition coefficient (Wildman–Crippen LogP) is 3.60. The second-order valence-corrected chi connectivity index (χ2v) is 7.45. The minimum Gasteiger partial charge on any atom is -0.483 e. The second kappa shape index (κ2) is 7.87. The van der Waals surface area contributed by atoms with Gasteiger partial charge in [-0.15, -0.1) is 0 Å². The summed E-state index contributed by atoms with van der Waals surface area (Å²) in [6.45, 7) is -0.534. The maximum Gasteiger partial charge on any atom is 0.341 e. The molecule has 134 valence electrons. The van der Waals surface area contributed by atoms with E-state index in [9.17, 15) is 26.4 Å². The molecule has 0 saturated heterocycles. The molecule has 2 aromatic carbocycles. The van der Waals surface area contributed by atoms with E-state index >= 15 is 0 Å². The summed E-state index contributed by atoms with van der Waals surface area (Å²) in [5.41, 5.74) is -0.283. The fraction of sp³-hybridized carbons (Fsp3) is 0.133. The Kier molecular flexibility index (Phi) is 6.07. The van der Waals surface area contributed by atoms with E-state index in [-0.39, 0.29) is 15.9 Å². The molecular weight excluding hydrogens is 427 g/mol. The number of anilines is 1. The molecule has 25 heavy (non-hydrogen) atoms. The topological polar surface area (TPSA) is 72.5 Å². The van der Waals surface area contributed by atoms with E-state index in [1.165, 1.54) is 24.3 Å². The molecule has 5 nitrogen and oxygen atoms in total. The molecule has 1 N–H and O–H groups in total. The monoisotopic (exact) mass is 437 g/mol. The zero-order valence-corrected chi connectivity index (χ0v) is 14.8. The van der Waals surface area contributed by atoms with Crippen LogP contribution >= 0.6 is 15.9 Å². The molecule has 0 spiro atoms. The standard InChI is InChI=1S/C15H11BrF3NO4S/c16-10-7-9(17)5-6-12(10)24-8-14(21)20-11-3-1-2-4-13(11)25(22,23)15(18)19/h1-7,15H,8H2,(H,20,21). The number of para-hydroxylation sites is 1. The number of carbonyl (C=O) groups is 1. The Bertz CT molecular complexity index is 890. The molecule has 1 amide bonds. The minimum absolute atomic E-state index is 0.185. The summed E-state index contributed by atoms with van der Waals surface area (Å²) in [7, 11) is -4.87. The molecule has 0 saturated carbocycles. The van der Waals surface area contributed by atoms with Gasteiger partial charge in [0.1, 0.15) is 11.6 Å². The number of carbonyl (C=O) groups excluding carboxylic acids is 1. The fourth-order valence-corrected chi connectivity index (χ4v) is 3.19. The molecule has 0 fully saturated rings. The molecule has 2 rings (SSSR count). The van der Waals surface area contributed by atoms with E-state index in [2.05, 4.69) is 21.2 Å². The van der Waals surface area contributed by atoms with Crippen LogP contribution in [0.3, 0.4) is 0 Å². The lowest BCUT2D eigenvalue weighted by atomic mass is 10.3. The van der Waals surface area contributed by atoms with Gasteiger partial charge < -0.3 is 10.1 Å². The van der Waals surface area contributed by atoms with Crippen LogP contribution < -0.4 is 10.1 Å². The van der Waals surface area contributed by atoms with Crippen molar-refractivity contribution in [3.63, 3.8) is 0 Å². The number of amides is 1. The number of ether oxygens (including phenoxy) is 1. The summed E-state index contributed by atoms with van der Waals surface area (Å²) in [6.07, 6.45) is 0. The van der Waals surface area contributed by atoms with Crippen molar-refractivity contribution >= 4 is 37.4 Å². The van der Waals surface area contributed by atoms with Gasteiger partial charge in [-0.1, -0.05) is 12.1 Å². The van der Waals surface area contributed by atoms with Gasteiger partial charge in [-0.3, -0.25) is 4.79 Å². The predicted molar refractivity (Wildman–Crippen MR) is 87.9 cm³/mol. The Hall–Kier alpha value is -2.07. The third-order valence-corrected chi connectivity index (χ3v) is 5.01. The lowest BCUT2D eigenvalue weighted by molar-refractivity contribution is -0.118. The number of sulfone groups is 1. The summed E-state index contributed by atoms with van der Waals surface area (Å²) >= 11 is 3.06. The molecule has 0 unspecified atom stereocenters. The Labute approximate surface area is 149 Å². The van der Waals surface area contributed by atoms with Crippen LogP contribution in [0.15, 0.2) is 51.8 Å². The second-order valence-electron chi connectivity index (χ2n) is 4.71. The molecule has 0 aliphatic carbocycles. The van der Waals surface area contributed by atoms with Gasteiger partial charge in [-0.05, 0) is 46.3 Å². The van der Waals surface area contributed by atoms with Gasteiger partial charge in [0.05, 0.1) is 15.1 Å². The van der Waals surface area contributed by atoms with E-state index in [0.29, 0.717) is 0 Å². The maximum atomic E-state index is 13.0. The Morgan fingerprint density at radius 3 is 2.52 bits per heavy atom. The third kappa shape index (κ3) is 4.73. The van der Waals surface area contributed by atoms with Gasteiger partial charge in [0, 0.05) is 0 Å². The highest BCUT2D eigenvalue weighted by atomic mass is 79.9. The van der Waals surface area contributed by atoms with Crippen LogP contribution in [-0.2, 0) is 14.6 Å². The van der Waals surface area contributed by atoms with E-state index in [1.807, 2.05) is 0 Å². The molecule has 0 aromatic heterocycles. The lowest BCUT2D eigenvalue weighted by Crippen LogP contribution is -2.22. The summed E-state index contributed by atoms with van der Waals surface area (Å²) in [5, 5.41) is 2.21. The Morgan fingerprint density at radius 1 is 1.20 bits per heavy atom. The van der Waals surface area contributed by atoms with Gasteiger partial charge in [0.15, 0.2) is 6.61 Å². The fourth-order valence-electron chi connectivity index (χ4n) is 1.84. The zero-order valence-electron chi connectivity index (χ0n) is 12.4. The first-order valence-electron chi connectivity index (χ1n) is 6.70. The number of rotatable bonds is 6. The van der Waals surface area contributed by atoms with Gasteiger partial charge in [0.25, 0.3) is 5.91 Å². The van der Waals surface area contributed by atoms with E-state index in [1.54, 1.807) is 0 Å². The van der Waals surface area contributed by atoms with E-state index in [0.717, 1.165) is 18.2 Å². The highest BCUT2D eigenvalue weighted by Gasteiger charge is 2.29. The molecule has 0 atom stereocenters. The van der Waals surface area contributed by atoms with Crippen LogP contribution in [0.1, 0.15) is 0 Å². The first-order valence-corrected chi connectivity index (χ1v) is 9.04. The van der Waals surface area contributed by atoms with Crippen LogP contribution in [0.25, 0.3) is 0 Å². The van der Waals surface area contributed by atoms with Gasteiger partial charge in [-0.2, -0.15) is 8.78 Å². The van der Waals surface area contributed by atoms with Crippen molar-refractivity contribution in [2.75, 3.05) is 11.9 Å². The van der Waals surface area contributed by atoms with Gasteiger partial charge >= 0.3 is 5.76 Å². The summed E-state index contributed by atoms with van der Waals surface area (Å²) in [5.74, 6) is -4.70. The first-order chi connectivity index (χ1) is 11.7. The molecule has 0 bridgehead atoms. The molecule has 0 aliphatic heterocycles. The van der Waals surface area contributed by atoms with Crippen LogP contribution in [0.4, 0.5) is 18.9 Å². The molecule has 2 aromatic rings. The van der Waals surface area contributed by atoms with Crippen molar-refractivity contribution in [2.24, 2.45) is 0 Å². The molecule has 0 radical (unpaired) electrons. The minimum atomic E-state index is -4.87. The molecule has 10 heteroatoms. The average molecular weight is 438 g/mol. The SMILES string of the molecule is O=C(COc1ccc(F)cc1Br)Nc1ccccc1S(=O)(=O)C(F)F. The van der Waals surface area contributed by atoms with Crippen molar-refractivity contribution in [2.45, 2.75) is 10.7 Å². The van der Waals surface area contributed by atoms with Crippen LogP contribution in [0, 0.1) is 5.82 Å². The van der Waals surface area contributed by atoms with Crippen molar-refractivity contribution in [1.29, 1.82) is 0 Å². The third-order valence-electron chi connectivity index (χ3n) is 2.95. The summed E-state index contributed by atoms with van der Waals surface area (Å²) in [6, 6.07) is 8.35. The Morgan fingerprint density at radius 2 is 1.88 bits per heavy atom. The number of alkyl halides is 2. The van der Waals surface area contributed by atoms with E-state index in [4.69, 9.17) is 4.74 Å². The Balaban J connectivity index is 2.11. The van der Waals surface area contributed by atoms with Crippen molar-refractivity contribution in [1.82, 2.24) is 0 Å². The highest BCUT2D eigenvalue weighted by Crippen LogP contribution is 2.27. The van der Waals surface area contributed by atoms with Crippen molar-refractivity contribution in [3.8, 4) is 5.75 Å². The molecule has 0 aliphatic rings. The van der Waals surface area contributed by atoms with Crippen LogP contribution in [-0.4, -0.2) is 26.7 Å². The average Bonchev–Trinajstić information content (AvgIpc) is 2.54. The van der Waals surface area contributed by atoms with Crippen molar-refractivity contribution < 1.29 is 31.1 Å². The highest BCUT2D eigenvalue weighted by molar-refractivity contribution is 9.10. The smallest absolute Gasteiger partial charge is 0.341 e. The quantitative estimate of drug-likeness (QED) is 0.749. The van der Waals surface area contributed by atoms with Crippen molar-refractivity contribution in [3.05, 3.63) is 52.8 Å². The maximum absolute atomic E-state index is 13.0. The molecule has 0 heterocycles. The number of halogens is 4. The van der Waals surface area contributed by atoms with Gasteiger partial charge in [-0.25, -0.2) is 12.8 Å². The van der Waals surface area contributed by atoms with Crippen LogP contribution in [0.2, 0.25) is 0 Å². The summed E-state index contributed by atoms with van der Waals surface area (Å²) < 4.78 is 67.1. The number of hydrogen-bond donors (Lipinski definition) is 1.